The van der Waals surface area contributed by atoms with Crippen LogP contribution >= 0.6 is 0 Å². The number of nitrogens with zero attached hydrogens (tertiary/aromatic N) is 6. The number of hydrogen-bond donors (Lipinski definition) is 8. The van der Waals surface area contributed by atoms with Crippen LogP contribution in [0.15, 0.2) is 65.8 Å². The van der Waals surface area contributed by atoms with Crippen LogP contribution in [0.3, 0.4) is 0 Å². The monoisotopic (exact) mass is 1400 g/mol. The Morgan fingerprint density at radius 1 is 0.657 bits per heavy atom. The van der Waals surface area contributed by atoms with Gasteiger partial charge < -0.3 is 90.2 Å². The third kappa shape index (κ3) is 30.6. The van der Waals surface area contributed by atoms with E-state index in [9.17, 15) is 53.1 Å². The Bertz CT molecular complexity index is 2860. The van der Waals surface area contributed by atoms with Crippen molar-refractivity contribution in [3.63, 3.8) is 0 Å². The summed E-state index contributed by atoms with van der Waals surface area (Å²) in [5, 5.41) is 32.5. The van der Waals surface area contributed by atoms with E-state index in [2.05, 4.69) is 47.2 Å². The highest BCUT2D eigenvalue weighted by Crippen LogP contribution is 2.30. The largest absolute Gasteiger partial charge is 0.386 e. The normalized spacial score (nSPS) is 15.9. The molecule has 11 atom stereocenters. The molecule has 0 saturated carbocycles. The van der Waals surface area contributed by atoms with Crippen LogP contribution in [-0.4, -0.2) is 255 Å². The van der Waals surface area contributed by atoms with Gasteiger partial charge in [0.05, 0.1) is 121 Å². The van der Waals surface area contributed by atoms with Gasteiger partial charge >= 0.3 is 0 Å². The Morgan fingerprint density at radius 3 is 1.82 bits per heavy atom. The van der Waals surface area contributed by atoms with Crippen LogP contribution in [0.1, 0.15) is 105 Å². The van der Waals surface area contributed by atoms with Crippen LogP contribution in [0.25, 0.3) is 10.4 Å². The minimum Gasteiger partial charge on any atom is -0.386 e. The van der Waals surface area contributed by atoms with Crippen molar-refractivity contribution in [1.29, 1.82) is 0 Å². The quantitative estimate of drug-likeness (QED) is 0.0154. The van der Waals surface area contributed by atoms with Gasteiger partial charge in [0, 0.05) is 59.2 Å². The fraction of sp³-hybridized carbons (Fsp3) is 0.676. The van der Waals surface area contributed by atoms with Gasteiger partial charge in [-0.3, -0.25) is 47.9 Å². The predicted molar refractivity (Wildman–Crippen MR) is 365 cm³/mol. The number of benzene rings is 2. The molecule has 2 aromatic rings. The maximum Gasteiger partial charge on any atom is 0.249 e. The highest BCUT2D eigenvalue weighted by Gasteiger charge is 2.44. The molecular formula is C68H109N13O18. The van der Waals surface area contributed by atoms with E-state index in [0.29, 0.717) is 70.0 Å². The van der Waals surface area contributed by atoms with Crippen molar-refractivity contribution < 1.29 is 86.2 Å². The minimum absolute atomic E-state index is 0.0232. The lowest BCUT2D eigenvalue weighted by molar-refractivity contribution is -0.149. The first-order chi connectivity index (χ1) is 47.3. The molecule has 1 heterocycles. The fourth-order valence-electron chi connectivity index (χ4n) is 11.3. The smallest absolute Gasteiger partial charge is 0.249 e. The molecule has 554 valence electrons. The Kier molecular flexibility index (Phi) is 40.7. The number of amides is 10. The molecule has 1 saturated heterocycles. The molecular weight excluding hydrogens is 1290 g/mol. The summed E-state index contributed by atoms with van der Waals surface area (Å²) >= 11 is 0. The number of aliphatic hydroxyl groups is 1. The average molecular weight is 1400 g/mol. The fourth-order valence-corrected chi connectivity index (χ4v) is 11.3. The number of rotatable bonds is 49. The SMILES string of the molecule is CC[C@H](C)[C@@H](C(CC(=O)N1CCC[C@H]1[C@H](OC)[C@@H](C)C(=O)N[C@H](C)[C@@H](O)c1ccccc1)OC)N(C)C(=O)[C@@H](NC(=O)[C@H](C(C)C)N(C)C(=O)COCNC(=O)CNC(=O)[C@H](Cc1ccccc1)NC(=O)CNC(=O)CNC(=O)CCOCCOCCOCCOCCN=[N+]=[N-])C(C)C. The molecule has 1 unspecified atom stereocenters. The van der Waals surface area contributed by atoms with Gasteiger partial charge in [-0.15, -0.1) is 0 Å². The zero-order valence-electron chi connectivity index (χ0n) is 59.7. The second kappa shape index (κ2) is 47.2. The standard InChI is InChI=1S/C68H109N13O18/c1-13-46(6)62(53(93-11)38-58(86)81-28-20-25-52(81)64(94-12)47(7)65(89)75-48(8)63(88)50-23-18-15-19-24-50)80(10)68(92)60(44(2)3)77-67(91)61(45(4)5)79(9)59(87)42-99-43-73-56(84)40-72-66(90)51(37-49-21-16-14-17-22-49)76-57(85)41-71-55(83)39-70-54(82)26-29-95-31-33-97-35-36-98-34-32-96-30-27-74-78-69/h14-19,21-24,44-48,51-53,60-64,88H,13,20,25-43H2,1-12H3,(H,70,82)(H,71,83)(H,72,90)(H,73,84)(H,75,89)(H,76,85)(H,77,91)/t46-,47+,48+,51-,52-,53?,60-,61-,62-,63+,64+/m0/s1. The first-order valence-electron chi connectivity index (χ1n) is 33.8. The van der Waals surface area contributed by atoms with Crippen molar-refractivity contribution in [3.05, 3.63) is 82.2 Å². The molecule has 10 amide bonds. The van der Waals surface area contributed by atoms with Crippen LogP contribution in [0.4, 0.5) is 0 Å². The zero-order chi connectivity index (χ0) is 73.4. The number of likely N-dealkylation sites (N-methyl/N-ethyl adjacent to an activating group) is 2. The van der Waals surface area contributed by atoms with Crippen molar-refractivity contribution in [2.24, 2.45) is 28.8 Å². The molecule has 99 heavy (non-hydrogen) atoms. The van der Waals surface area contributed by atoms with Gasteiger partial charge in [-0.25, -0.2) is 0 Å². The second-order valence-corrected chi connectivity index (χ2v) is 25.0. The number of hydrogen-bond acceptors (Lipinski definition) is 19. The van der Waals surface area contributed by atoms with Gasteiger partial charge in [0.1, 0.15) is 31.5 Å². The van der Waals surface area contributed by atoms with Gasteiger partial charge in [-0.2, -0.15) is 0 Å². The number of carbonyl (C=O) groups excluding carboxylic acids is 10. The van der Waals surface area contributed by atoms with Gasteiger partial charge in [0.25, 0.3) is 0 Å². The molecule has 0 radical (unpaired) electrons. The predicted octanol–water partition coefficient (Wildman–Crippen LogP) is 1.70. The number of azide groups is 1. The highest BCUT2D eigenvalue weighted by molar-refractivity contribution is 5.94. The van der Waals surface area contributed by atoms with Gasteiger partial charge in [-0.05, 0) is 54.2 Å². The molecule has 31 heteroatoms. The van der Waals surface area contributed by atoms with Crippen molar-refractivity contribution in [3.8, 4) is 0 Å². The number of ether oxygens (including phenoxy) is 7. The number of aliphatic hydroxyl groups excluding tert-OH is 1. The Hall–Kier alpha value is -7.87. The minimum atomic E-state index is -1.18. The Labute approximate surface area is 581 Å². The summed E-state index contributed by atoms with van der Waals surface area (Å²) in [6, 6.07) is 12.8. The third-order valence-corrected chi connectivity index (χ3v) is 17.0. The number of carbonyl (C=O) groups is 10. The number of likely N-dealkylation sites (tertiary alicyclic amines) is 1. The molecule has 1 aliphatic heterocycles. The number of nitrogens with one attached hydrogen (secondary N) is 7. The Balaban J connectivity index is 1.50. The van der Waals surface area contributed by atoms with E-state index in [-0.39, 0.29) is 63.4 Å². The highest BCUT2D eigenvalue weighted by atomic mass is 16.6. The van der Waals surface area contributed by atoms with Crippen molar-refractivity contribution in [2.45, 2.75) is 148 Å². The van der Waals surface area contributed by atoms with E-state index in [0.717, 1.165) is 0 Å². The zero-order valence-corrected chi connectivity index (χ0v) is 59.7. The van der Waals surface area contributed by atoms with E-state index in [4.69, 9.17) is 38.7 Å². The van der Waals surface area contributed by atoms with E-state index in [1.807, 2.05) is 32.0 Å². The van der Waals surface area contributed by atoms with Gasteiger partial charge in [-0.1, -0.05) is 121 Å². The van der Waals surface area contributed by atoms with Crippen LogP contribution in [-0.2, 0) is 87.5 Å². The topological polar surface area (TPSA) is 398 Å². The summed E-state index contributed by atoms with van der Waals surface area (Å²) in [6.45, 7) is 14.8. The number of methoxy groups -OCH3 is 2. The van der Waals surface area contributed by atoms with Crippen LogP contribution in [0.2, 0.25) is 0 Å². The van der Waals surface area contributed by atoms with Crippen LogP contribution in [0, 0.1) is 23.7 Å². The van der Waals surface area contributed by atoms with E-state index >= 15 is 0 Å². The molecule has 31 nitrogen and oxygen atoms in total. The van der Waals surface area contributed by atoms with Crippen molar-refractivity contribution in [2.75, 3.05) is 127 Å². The summed E-state index contributed by atoms with van der Waals surface area (Å²) < 4.78 is 38.9. The summed E-state index contributed by atoms with van der Waals surface area (Å²) in [5.41, 5.74) is 9.58. The molecule has 0 spiro atoms. The average Bonchev–Trinajstić information content (AvgIpc) is 1.80. The summed E-state index contributed by atoms with van der Waals surface area (Å²) in [6.07, 6.45) is -0.651. The van der Waals surface area contributed by atoms with E-state index in [1.165, 1.54) is 31.1 Å². The van der Waals surface area contributed by atoms with E-state index in [1.54, 1.807) is 96.0 Å². The second-order valence-electron chi connectivity index (χ2n) is 25.0. The third-order valence-electron chi connectivity index (χ3n) is 17.0. The molecule has 0 bridgehead atoms. The van der Waals surface area contributed by atoms with Gasteiger partial charge in [0.15, 0.2) is 0 Å². The first-order valence-corrected chi connectivity index (χ1v) is 33.8. The summed E-state index contributed by atoms with van der Waals surface area (Å²) in [4.78, 5) is 142. The van der Waals surface area contributed by atoms with E-state index < -0.39 is 153 Å². The van der Waals surface area contributed by atoms with Crippen molar-refractivity contribution >= 4 is 59.1 Å². The lowest BCUT2D eigenvalue weighted by Gasteiger charge is -2.41. The molecule has 3 rings (SSSR count). The lowest BCUT2D eigenvalue weighted by Crippen LogP contribution is -2.60. The van der Waals surface area contributed by atoms with Gasteiger partial charge in [0.2, 0.25) is 59.1 Å². The maximum absolute atomic E-state index is 14.8. The molecule has 1 aliphatic rings. The molecule has 2 aromatic carbocycles. The molecule has 0 aromatic heterocycles. The lowest BCUT2D eigenvalue weighted by atomic mass is 9.89. The molecule has 1 fully saturated rings. The maximum atomic E-state index is 14.8. The molecule has 8 N–H and O–H groups in total. The molecule has 0 aliphatic carbocycles. The van der Waals surface area contributed by atoms with Crippen LogP contribution < -0.4 is 37.2 Å². The Morgan fingerprint density at radius 2 is 1.23 bits per heavy atom. The van der Waals surface area contributed by atoms with Crippen molar-refractivity contribution in [1.82, 2.24) is 51.9 Å². The summed E-state index contributed by atoms with van der Waals surface area (Å²) in [5.74, 6) is -7.29. The first kappa shape index (κ1) is 85.4. The van der Waals surface area contributed by atoms with Crippen LogP contribution in [0.5, 0.6) is 0 Å². The summed E-state index contributed by atoms with van der Waals surface area (Å²) in [7, 11) is 6.04.